The highest BCUT2D eigenvalue weighted by molar-refractivity contribution is 9.10. The molecule has 1 atom stereocenters. The van der Waals surface area contributed by atoms with E-state index in [0.717, 1.165) is 23.3 Å². The molecule has 0 aromatic heterocycles. The van der Waals surface area contributed by atoms with E-state index in [0.29, 0.717) is 6.04 Å². The van der Waals surface area contributed by atoms with Gasteiger partial charge in [-0.15, -0.1) is 0 Å². The van der Waals surface area contributed by atoms with Crippen molar-refractivity contribution < 1.29 is 4.74 Å². The second kappa shape index (κ2) is 6.99. The van der Waals surface area contributed by atoms with Gasteiger partial charge in [0.05, 0.1) is 7.11 Å². The number of nitrogens with zero attached hydrogens (tertiary/aromatic N) is 1. The summed E-state index contributed by atoms with van der Waals surface area (Å²) in [5, 5.41) is 3.45. The molecule has 3 nitrogen and oxygen atoms in total. The Hall–Kier alpha value is -0.580. The molecule has 0 fully saturated rings. The van der Waals surface area contributed by atoms with Crippen LogP contribution in [0.25, 0.3) is 0 Å². The first-order chi connectivity index (χ1) is 8.04. The molecule has 1 unspecified atom stereocenters. The van der Waals surface area contributed by atoms with Crippen LogP contribution in [0.15, 0.2) is 22.7 Å². The molecule has 17 heavy (non-hydrogen) atoms. The summed E-state index contributed by atoms with van der Waals surface area (Å²) in [6.07, 6.45) is 0. The first kappa shape index (κ1) is 14.5. The maximum absolute atomic E-state index is 5.22. The van der Waals surface area contributed by atoms with Gasteiger partial charge in [0.1, 0.15) is 5.75 Å². The maximum Gasteiger partial charge on any atom is 0.119 e. The highest BCUT2D eigenvalue weighted by atomic mass is 79.9. The van der Waals surface area contributed by atoms with E-state index in [1.807, 2.05) is 12.1 Å². The zero-order chi connectivity index (χ0) is 12.8. The summed E-state index contributed by atoms with van der Waals surface area (Å²) in [5.41, 5.74) is 1.22. The number of hydrogen-bond acceptors (Lipinski definition) is 3. The minimum Gasteiger partial charge on any atom is -0.497 e. The molecular formula is C13H21BrN2O. The Labute approximate surface area is 112 Å². The average molecular weight is 301 g/mol. The molecule has 1 aromatic carbocycles. The van der Waals surface area contributed by atoms with Gasteiger partial charge < -0.3 is 15.0 Å². The molecule has 0 aliphatic carbocycles. The van der Waals surface area contributed by atoms with Crippen molar-refractivity contribution in [2.75, 3.05) is 27.7 Å². The van der Waals surface area contributed by atoms with E-state index < -0.39 is 0 Å². The summed E-state index contributed by atoms with van der Waals surface area (Å²) >= 11 is 3.55. The third-order valence-electron chi connectivity index (χ3n) is 2.89. The quantitative estimate of drug-likeness (QED) is 0.874. The normalized spacial score (nSPS) is 12.8. The van der Waals surface area contributed by atoms with Crippen molar-refractivity contribution in [3.63, 3.8) is 0 Å². The van der Waals surface area contributed by atoms with Gasteiger partial charge in [-0.05, 0) is 44.8 Å². The van der Waals surface area contributed by atoms with Crippen LogP contribution >= 0.6 is 15.9 Å². The summed E-state index contributed by atoms with van der Waals surface area (Å²) < 4.78 is 6.33. The third-order valence-corrected chi connectivity index (χ3v) is 3.66. The molecule has 0 spiro atoms. The Kier molecular flexibility index (Phi) is 5.95. The molecule has 1 rings (SSSR count). The van der Waals surface area contributed by atoms with Crippen LogP contribution in [0.4, 0.5) is 0 Å². The Bertz CT molecular complexity index is 355. The molecule has 0 heterocycles. The van der Waals surface area contributed by atoms with Crippen LogP contribution in [0.5, 0.6) is 5.75 Å². The van der Waals surface area contributed by atoms with Crippen LogP contribution in [0, 0.1) is 0 Å². The first-order valence-electron chi connectivity index (χ1n) is 5.74. The lowest BCUT2D eigenvalue weighted by molar-refractivity contribution is 0.302. The van der Waals surface area contributed by atoms with Gasteiger partial charge in [-0.1, -0.05) is 15.9 Å². The van der Waals surface area contributed by atoms with Crippen molar-refractivity contribution in [3.05, 3.63) is 28.2 Å². The highest BCUT2D eigenvalue weighted by Crippen LogP contribution is 2.22. The number of hydrogen-bond donors (Lipinski definition) is 1. The lowest BCUT2D eigenvalue weighted by Gasteiger charge is -2.20. The fraction of sp³-hybridized carbons (Fsp3) is 0.538. The molecule has 96 valence electrons. The van der Waals surface area contributed by atoms with Gasteiger partial charge in [0, 0.05) is 23.6 Å². The second-order valence-electron chi connectivity index (χ2n) is 4.40. The second-order valence-corrected chi connectivity index (χ2v) is 5.26. The number of likely N-dealkylation sites (N-methyl/N-ethyl adjacent to an activating group) is 1. The molecule has 1 N–H and O–H groups in total. The number of ether oxygens (including phenoxy) is 1. The monoisotopic (exact) mass is 300 g/mol. The van der Waals surface area contributed by atoms with E-state index in [4.69, 9.17) is 4.74 Å². The van der Waals surface area contributed by atoms with Crippen LogP contribution in [-0.4, -0.2) is 38.7 Å². The standard InChI is InChI=1S/C13H21BrN2O/c1-10(16(2)3)8-15-9-11-7-12(17-4)5-6-13(11)14/h5-7,10,15H,8-9H2,1-4H3. The van der Waals surface area contributed by atoms with Crippen molar-refractivity contribution in [2.24, 2.45) is 0 Å². The molecule has 0 bridgehead atoms. The lowest BCUT2D eigenvalue weighted by atomic mass is 10.2. The van der Waals surface area contributed by atoms with Crippen LogP contribution < -0.4 is 10.1 Å². The molecule has 1 aromatic rings. The number of nitrogens with one attached hydrogen (secondary N) is 1. The van der Waals surface area contributed by atoms with E-state index in [1.54, 1.807) is 7.11 Å². The third kappa shape index (κ3) is 4.66. The van der Waals surface area contributed by atoms with E-state index in [9.17, 15) is 0 Å². The van der Waals surface area contributed by atoms with Crippen LogP contribution in [0.1, 0.15) is 12.5 Å². The largest absolute Gasteiger partial charge is 0.497 e. The number of rotatable bonds is 6. The zero-order valence-corrected chi connectivity index (χ0v) is 12.5. The zero-order valence-electron chi connectivity index (χ0n) is 11.0. The van der Waals surface area contributed by atoms with Gasteiger partial charge in [0.25, 0.3) is 0 Å². The van der Waals surface area contributed by atoms with Gasteiger partial charge in [0.2, 0.25) is 0 Å². The predicted molar refractivity (Wildman–Crippen MR) is 75.5 cm³/mol. The Balaban J connectivity index is 2.51. The SMILES string of the molecule is COc1ccc(Br)c(CNCC(C)N(C)C)c1. The van der Waals surface area contributed by atoms with Crippen LogP contribution in [0.3, 0.4) is 0 Å². The molecule has 0 saturated carbocycles. The fourth-order valence-corrected chi connectivity index (χ4v) is 1.80. The van der Waals surface area contributed by atoms with E-state index in [-0.39, 0.29) is 0 Å². The van der Waals surface area contributed by atoms with Gasteiger partial charge in [-0.2, -0.15) is 0 Å². The molecule has 0 radical (unpaired) electrons. The van der Waals surface area contributed by atoms with Gasteiger partial charge in [-0.25, -0.2) is 0 Å². The van der Waals surface area contributed by atoms with Crippen molar-refractivity contribution >= 4 is 15.9 Å². The van der Waals surface area contributed by atoms with Gasteiger partial charge >= 0.3 is 0 Å². The fourth-order valence-electron chi connectivity index (χ4n) is 1.41. The van der Waals surface area contributed by atoms with Crippen molar-refractivity contribution in [1.29, 1.82) is 0 Å². The molecular weight excluding hydrogens is 280 g/mol. The summed E-state index contributed by atoms with van der Waals surface area (Å²) in [7, 11) is 5.87. The number of halogens is 1. The average Bonchev–Trinajstić information content (AvgIpc) is 2.31. The minimum absolute atomic E-state index is 0.527. The van der Waals surface area contributed by atoms with Crippen molar-refractivity contribution in [1.82, 2.24) is 10.2 Å². The summed E-state index contributed by atoms with van der Waals surface area (Å²) in [6.45, 7) is 4.01. The van der Waals surface area contributed by atoms with Gasteiger partial charge in [-0.3, -0.25) is 0 Å². The molecule has 4 heteroatoms. The molecule has 0 aliphatic rings. The van der Waals surface area contributed by atoms with E-state index in [1.165, 1.54) is 5.56 Å². The molecule has 0 amide bonds. The summed E-state index contributed by atoms with van der Waals surface area (Å²) in [5.74, 6) is 0.894. The van der Waals surface area contributed by atoms with Crippen molar-refractivity contribution in [3.8, 4) is 5.75 Å². The summed E-state index contributed by atoms with van der Waals surface area (Å²) in [4.78, 5) is 2.20. The Morgan fingerprint density at radius 3 is 2.71 bits per heavy atom. The number of methoxy groups -OCH3 is 1. The predicted octanol–water partition coefficient (Wildman–Crippen LogP) is 2.50. The Morgan fingerprint density at radius 2 is 2.12 bits per heavy atom. The lowest BCUT2D eigenvalue weighted by Crippen LogP contribution is -2.35. The van der Waals surface area contributed by atoms with Crippen LogP contribution in [0.2, 0.25) is 0 Å². The summed E-state index contributed by atoms with van der Waals surface area (Å²) in [6, 6.07) is 6.55. The minimum atomic E-state index is 0.527. The molecule has 0 saturated heterocycles. The topological polar surface area (TPSA) is 24.5 Å². The smallest absolute Gasteiger partial charge is 0.119 e. The first-order valence-corrected chi connectivity index (χ1v) is 6.53. The van der Waals surface area contributed by atoms with E-state index in [2.05, 4.69) is 53.2 Å². The number of benzene rings is 1. The van der Waals surface area contributed by atoms with Gasteiger partial charge in [0.15, 0.2) is 0 Å². The van der Waals surface area contributed by atoms with Crippen molar-refractivity contribution in [2.45, 2.75) is 19.5 Å². The van der Waals surface area contributed by atoms with Crippen LogP contribution in [-0.2, 0) is 6.54 Å². The maximum atomic E-state index is 5.22. The highest BCUT2D eigenvalue weighted by Gasteiger charge is 2.05. The molecule has 0 aliphatic heterocycles. The Morgan fingerprint density at radius 1 is 1.41 bits per heavy atom. The van der Waals surface area contributed by atoms with E-state index >= 15 is 0 Å².